The lowest BCUT2D eigenvalue weighted by atomic mass is 10.1. The third-order valence-corrected chi connectivity index (χ3v) is 3.87. The Morgan fingerprint density at radius 2 is 1.80 bits per heavy atom. The van der Waals surface area contributed by atoms with Crippen LogP contribution in [-0.2, 0) is 22.5 Å². The fourth-order valence-corrected chi connectivity index (χ4v) is 2.41. The van der Waals surface area contributed by atoms with Crippen LogP contribution >= 0.6 is 0 Å². The second-order valence-corrected chi connectivity index (χ2v) is 5.87. The second-order valence-electron chi connectivity index (χ2n) is 5.87. The van der Waals surface area contributed by atoms with Gasteiger partial charge in [-0.05, 0) is 36.5 Å². The average Bonchev–Trinajstić information content (AvgIpc) is 2.62. The molecule has 5 heteroatoms. The van der Waals surface area contributed by atoms with Gasteiger partial charge in [0.2, 0.25) is 0 Å². The molecular weight excluding hydrogens is 314 g/mol. The van der Waals surface area contributed by atoms with Gasteiger partial charge in [-0.25, -0.2) is 0 Å². The number of rotatable bonds is 9. The van der Waals surface area contributed by atoms with Crippen molar-refractivity contribution in [3.63, 3.8) is 0 Å². The molecular formula is C20H25N3O2. The summed E-state index contributed by atoms with van der Waals surface area (Å²) in [7, 11) is 0. The van der Waals surface area contributed by atoms with Crippen LogP contribution in [0.5, 0.6) is 0 Å². The van der Waals surface area contributed by atoms with Crippen molar-refractivity contribution in [1.29, 1.82) is 0 Å². The van der Waals surface area contributed by atoms with Crippen LogP contribution in [0.1, 0.15) is 23.1 Å². The molecule has 2 rings (SSSR count). The van der Waals surface area contributed by atoms with Gasteiger partial charge in [0.25, 0.3) is 5.91 Å². The summed E-state index contributed by atoms with van der Waals surface area (Å²) >= 11 is 0. The summed E-state index contributed by atoms with van der Waals surface area (Å²) in [6, 6.07) is 18.2. The van der Waals surface area contributed by atoms with Gasteiger partial charge in [-0.3, -0.25) is 4.79 Å². The number of oxime groups is 1. The molecule has 0 aromatic heterocycles. The van der Waals surface area contributed by atoms with Crippen molar-refractivity contribution in [1.82, 2.24) is 5.32 Å². The van der Waals surface area contributed by atoms with E-state index in [0.717, 1.165) is 12.8 Å². The highest BCUT2D eigenvalue weighted by molar-refractivity contribution is 5.80. The molecule has 2 aromatic rings. The fraction of sp³-hybridized carbons (Fsp3) is 0.300. The van der Waals surface area contributed by atoms with Crippen molar-refractivity contribution < 1.29 is 9.63 Å². The molecule has 0 saturated heterocycles. The molecule has 0 aliphatic heterocycles. The number of benzene rings is 2. The van der Waals surface area contributed by atoms with Gasteiger partial charge < -0.3 is 15.9 Å². The quantitative estimate of drug-likeness (QED) is 0.419. The number of carbonyl (C=O) groups excluding carboxylic acids is 1. The van der Waals surface area contributed by atoms with Crippen molar-refractivity contribution in [2.75, 3.05) is 13.2 Å². The zero-order valence-corrected chi connectivity index (χ0v) is 14.6. The number of amides is 1. The molecule has 0 heterocycles. The summed E-state index contributed by atoms with van der Waals surface area (Å²) in [6.45, 7) is 2.51. The minimum absolute atomic E-state index is 0.125. The van der Waals surface area contributed by atoms with Crippen LogP contribution in [0, 0.1) is 6.92 Å². The van der Waals surface area contributed by atoms with Gasteiger partial charge in [-0.15, -0.1) is 0 Å². The first-order valence-corrected chi connectivity index (χ1v) is 8.44. The minimum Gasteiger partial charge on any atom is -0.384 e. The molecule has 0 aliphatic rings. The highest BCUT2D eigenvalue weighted by Crippen LogP contribution is 2.06. The Labute approximate surface area is 148 Å². The van der Waals surface area contributed by atoms with Crippen LogP contribution in [0.25, 0.3) is 0 Å². The summed E-state index contributed by atoms with van der Waals surface area (Å²) in [6.07, 6.45) is 2.18. The smallest absolute Gasteiger partial charge is 0.260 e. The lowest BCUT2D eigenvalue weighted by molar-refractivity contribution is -0.125. The molecule has 0 saturated carbocycles. The van der Waals surface area contributed by atoms with Crippen molar-refractivity contribution in [2.45, 2.75) is 26.2 Å². The molecule has 5 nitrogen and oxygen atoms in total. The molecule has 0 bridgehead atoms. The van der Waals surface area contributed by atoms with Crippen LogP contribution < -0.4 is 11.1 Å². The van der Waals surface area contributed by atoms with Crippen LogP contribution in [0.2, 0.25) is 0 Å². The van der Waals surface area contributed by atoms with E-state index in [1.54, 1.807) is 0 Å². The number of nitrogens with one attached hydrogen (secondary N) is 1. The predicted molar refractivity (Wildman–Crippen MR) is 100 cm³/mol. The molecule has 0 atom stereocenters. The SMILES string of the molecule is Cc1ccccc1CCNC(=O)CO/N=C(\N)CCc1ccccc1. The molecule has 0 aliphatic carbocycles. The van der Waals surface area contributed by atoms with E-state index >= 15 is 0 Å². The molecule has 0 unspecified atom stereocenters. The van der Waals surface area contributed by atoms with Crippen molar-refractivity contribution in [2.24, 2.45) is 10.9 Å². The van der Waals surface area contributed by atoms with Crippen LogP contribution in [0.15, 0.2) is 59.8 Å². The van der Waals surface area contributed by atoms with Crippen LogP contribution in [0.4, 0.5) is 0 Å². The number of carbonyl (C=O) groups is 1. The highest BCUT2D eigenvalue weighted by Gasteiger charge is 2.03. The van der Waals surface area contributed by atoms with Crippen molar-refractivity contribution in [3.8, 4) is 0 Å². The Bertz CT molecular complexity index is 699. The first-order valence-electron chi connectivity index (χ1n) is 8.44. The molecule has 1 amide bonds. The van der Waals surface area contributed by atoms with E-state index in [1.165, 1.54) is 16.7 Å². The summed E-state index contributed by atoms with van der Waals surface area (Å²) < 4.78 is 0. The summed E-state index contributed by atoms with van der Waals surface area (Å²) in [5.74, 6) is 0.185. The number of hydrogen-bond donors (Lipinski definition) is 2. The van der Waals surface area contributed by atoms with E-state index in [1.807, 2.05) is 42.5 Å². The topological polar surface area (TPSA) is 76.7 Å². The Morgan fingerprint density at radius 1 is 1.08 bits per heavy atom. The normalized spacial score (nSPS) is 11.2. The van der Waals surface area contributed by atoms with E-state index < -0.39 is 0 Å². The van der Waals surface area contributed by atoms with Crippen LogP contribution in [0.3, 0.4) is 0 Å². The average molecular weight is 339 g/mol. The fourth-order valence-electron chi connectivity index (χ4n) is 2.41. The largest absolute Gasteiger partial charge is 0.384 e. The van der Waals surface area contributed by atoms with Crippen molar-refractivity contribution >= 4 is 11.7 Å². The molecule has 2 aromatic carbocycles. The zero-order valence-electron chi connectivity index (χ0n) is 14.6. The molecule has 132 valence electrons. The van der Waals surface area contributed by atoms with E-state index in [4.69, 9.17) is 10.6 Å². The highest BCUT2D eigenvalue weighted by atomic mass is 16.6. The standard InChI is InChI=1S/C20H25N3O2/c1-16-7-5-6-10-18(16)13-14-22-20(24)15-25-23-19(21)12-11-17-8-3-2-4-9-17/h2-10H,11-15H2,1H3,(H2,21,23)(H,22,24). The van der Waals surface area contributed by atoms with E-state index in [2.05, 4.69) is 29.5 Å². The maximum absolute atomic E-state index is 11.7. The maximum Gasteiger partial charge on any atom is 0.260 e. The summed E-state index contributed by atoms with van der Waals surface area (Å²) in [5, 5.41) is 6.61. The predicted octanol–water partition coefficient (Wildman–Crippen LogP) is 2.58. The molecule has 0 spiro atoms. The molecule has 0 radical (unpaired) electrons. The number of amidine groups is 1. The first kappa shape index (κ1) is 18.5. The molecule has 0 fully saturated rings. The first-order chi connectivity index (χ1) is 12.1. The third kappa shape index (κ3) is 7.08. The Kier molecular flexibility index (Phi) is 7.50. The van der Waals surface area contributed by atoms with Gasteiger partial charge in [0.1, 0.15) is 5.84 Å². The summed E-state index contributed by atoms with van der Waals surface area (Å²) in [5.41, 5.74) is 9.44. The minimum atomic E-state index is -0.201. The van der Waals surface area contributed by atoms with Gasteiger partial charge >= 0.3 is 0 Å². The molecule has 3 N–H and O–H groups in total. The van der Waals surface area contributed by atoms with E-state index in [9.17, 15) is 4.79 Å². The van der Waals surface area contributed by atoms with E-state index in [0.29, 0.717) is 18.8 Å². The molecule has 25 heavy (non-hydrogen) atoms. The maximum atomic E-state index is 11.7. The van der Waals surface area contributed by atoms with Gasteiger partial charge in [0, 0.05) is 13.0 Å². The third-order valence-electron chi connectivity index (χ3n) is 3.87. The number of nitrogens with two attached hydrogens (primary N) is 1. The van der Waals surface area contributed by atoms with Gasteiger partial charge in [0.05, 0.1) is 0 Å². The zero-order chi connectivity index (χ0) is 17.9. The van der Waals surface area contributed by atoms with Gasteiger partial charge in [0.15, 0.2) is 6.61 Å². The van der Waals surface area contributed by atoms with E-state index in [-0.39, 0.29) is 12.5 Å². The Balaban J connectivity index is 1.61. The Hall–Kier alpha value is -2.82. The number of hydrogen-bond acceptors (Lipinski definition) is 3. The van der Waals surface area contributed by atoms with Crippen LogP contribution in [-0.4, -0.2) is 24.9 Å². The Morgan fingerprint density at radius 3 is 2.56 bits per heavy atom. The monoisotopic (exact) mass is 339 g/mol. The number of nitrogens with zero attached hydrogens (tertiary/aromatic N) is 1. The second kappa shape index (κ2) is 10.1. The lowest BCUT2D eigenvalue weighted by Crippen LogP contribution is -2.29. The lowest BCUT2D eigenvalue weighted by Gasteiger charge is -2.07. The van der Waals surface area contributed by atoms with Crippen molar-refractivity contribution in [3.05, 3.63) is 71.3 Å². The van der Waals surface area contributed by atoms with Gasteiger partial charge in [-0.1, -0.05) is 59.8 Å². The summed E-state index contributed by atoms with van der Waals surface area (Å²) in [4.78, 5) is 16.8. The number of aryl methyl sites for hydroxylation is 2. The van der Waals surface area contributed by atoms with Gasteiger partial charge in [-0.2, -0.15) is 0 Å².